The lowest BCUT2D eigenvalue weighted by Crippen LogP contribution is -2.41. The topological polar surface area (TPSA) is 89.9 Å². The Morgan fingerprint density at radius 2 is 1.25 bits per heavy atom. The van der Waals surface area contributed by atoms with Crippen LogP contribution >= 0.6 is 0 Å². The van der Waals surface area contributed by atoms with Crippen molar-refractivity contribution in [2.45, 2.75) is 78.2 Å². The lowest BCUT2D eigenvalue weighted by atomic mass is 9.98. The maximum absolute atomic E-state index is 12.0. The third kappa shape index (κ3) is 9.65. The Labute approximate surface area is 144 Å². The summed E-state index contributed by atoms with van der Waals surface area (Å²) >= 11 is 0. The molecule has 0 amide bonds. The molecule has 6 nitrogen and oxygen atoms in total. The van der Waals surface area contributed by atoms with Crippen molar-refractivity contribution in [1.29, 1.82) is 0 Å². The number of aliphatic hydroxyl groups excluding tert-OH is 1. The lowest BCUT2D eigenvalue weighted by molar-refractivity contribution is -0.169. The first kappa shape index (κ1) is 22.6. The zero-order valence-electron chi connectivity index (χ0n) is 15.2. The third-order valence-corrected chi connectivity index (χ3v) is 3.73. The van der Waals surface area contributed by atoms with E-state index in [-0.39, 0.29) is 13.2 Å². The Morgan fingerprint density at radius 3 is 1.67 bits per heavy atom. The molecule has 0 bridgehead atoms. The minimum atomic E-state index is -1.81. The monoisotopic (exact) mass is 344 g/mol. The minimum Gasteiger partial charge on any atom is -0.465 e. The molecule has 0 aliphatic carbocycles. The van der Waals surface area contributed by atoms with E-state index >= 15 is 0 Å². The maximum atomic E-state index is 12.0. The molecule has 1 N–H and O–H groups in total. The number of ketones is 1. The van der Waals surface area contributed by atoms with Crippen LogP contribution in [0.3, 0.4) is 0 Å². The molecule has 0 fully saturated rings. The van der Waals surface area contributed by atoms with E-state index in [1.54, 1.807) is 0 Å². The predicted molar refractivity (Wildman–Crippen MR) is 90.4 cm³/mol. The minimum absolute atomic E-state index is 0.173. The van der Waals surface area contributed by atoms with Crippen LogP contribution in [-0.4, -0.2) is 42.1 Å². The number of Topliss-reactive ketones (excluding diaryl/α,β-unsaturated/α-hetero) is 1. The van der Waals surface area contributed by atoms with Crippen molar-refractivity contribution in [3.05, 3.63) is 0 Å². The van der Waals surface area contributed by atoms with Crippen molar-refractivity contribution in [1.82, 2.24) is 0 Å². The van der Waals surface area contributed by atoms with E-state index in [0.29, 0.717) is 12.8 Å². The molecular formula is C18H32O6. The van der Waals surface area contributed by atoms with Crippen LogP contribution in [0.15, 0.2) is 0 Å². The number of carbonyl (C=O) groups excluding carboxylic acids is 3. The summed E-state index contributed by atoms with van der Waals surface area (Å²) in [7, 11) is 0. The largest absolute Gasteiger partial charge is 0.465 e. The van der Waals surface area contributed by atoms with Gasteiger partial charge in [0.05, 0.1) is 13.2 Å². The van der Waals surface area contributed by atoms with Crippen molar-refractivity contribution < 1.29 is 29.0 Å². The van der Waals surface area contributed by atoms with Crippen LogP contribution in [0.4, 0.5) is 0 Å². The van der Waals surface area contributed by atoms with Gasteiger partial charge in [-0.15, -0.1) is 0 Å². The molecule has 24 heavy (non-hydrogen) atoms. The van der Waals surface area contributed by atoms with Gasteiger partial charge >= 0.3 is 11.9 Å². The van der Waals surface area contributed by atoms with Gasteiger partial charge in [-0.05, 0) is 19.8 Å². The molecule has 0 saturated heterocycles. The summed E-state index contributed by atoms with van der Waals surface area (Å²) in [5, 5.41) is 9.97. The van der Waals surface area contributed by atoms with Gasteiger partial charge in [0.2, 0.25) is 0 Å². The van der Waals surface area contributed by atoms with Crippen LogP contribution in [0.1, 0.15) is 72.1 Å². The van der Waals surface area contributed by atoms with Crippen LogP contribution in [0.25, 0.3) is 0 Å². The van der Waals surface area contributed by atoms with Crippen molar-refractivity contribution >= 4 is 17.7 Å². The highest BCUT2D eigenvalue weighted by Crippen LogP contribution is 2.12. The Morgan fingerprint density at radius 1 is 0.792 bits per heavy atom. The van der Waals surface area contributed by atoms with E-state index in [1.165, 1.54) is 0 Å². The first-order valence-corrected chi connectivity index (χ1v) is 8.97. The summed E-state index contributed by atoms with van der Waals surface area (Å²) in [4.78, 5) is 35.4. The summed E-state index contributed by atoms with van der Waals surface area (Å²) < 4.78 is 9.95. The van der Waals surface area contributed by atoms with Gasteiger partial charge < -0.3 is 14.6 Å². The standard InChI is InChI=1S/C18H32O6/c1-4-6-8-10-12-23-17(21)15(14(3)19)16(20)18(22)24-13-11-9-7-5-2/h15-16,20H,4-13H2,1-3H3/t15?,16-/m0/s1. The van der Waals surface area contributed by atoms with E-state index in [2.05, 4.69) is 13.8 Å². The van der Waals surface area contributed by atoms with Crippen LogP contribution in [0.2, 0.25) is 0 Å². The summed E-state index contributed by atoms with van der Waals surface area (Å²) in [6.07, 6.45) is 5.64. The predicted octanol–water partition coefficient (Wildman–Crippen LogP) is 2.80. The van der Waals surface area contributed by atoms with Crippen LogP contribution < -0.4 is 0 Å². The van der Waals surface area contributed by atoms with E-state index in [4.69, 9.17) is 9.47 Å². The van der Waals surface area contributed by atoms with Gasteiger partial charge in [0.1, 0.15) is 5.78 Å². The molecule has 0 aliphatic heterocycles. The zero-order valence-corrected chi connectivity index (χ0v) is 15.2. The molecule has 0 aromatic heterocycles. The van der Waals surface area contributed by atoms with Crippen molar-refractivity contribution in [3.63, 3.8) is 0 Å². The molecule has 140 valence electrons. The van der Waals surface area contributed by atoms with Gasteiger partial charge in [0.25, 0.3) is 0 Å². The Balaban J connectivity index is 4.33. The highest BCUT2D eigenvalue weighted by Gasteiger charge is 2.38. The van der Waals surface area contributed by atoms with Gasteiger partial charge in [0, 0.05) is 0 Å². The number of ether oxygens (including phenoxy) is 2. The smallest absolute Gasteiger partial charge is 0.336 e. The van der Waals surface area contributed by atoms with Gasteiger partial charge in [-0.3, -0.25) is 9.59 Å². The normalized spacial score (nSPS) is 13.2. The maximum Gasteiger partial charge on any atom is 0.336 e. The molecule has 0 aliphatic rings. The second-order valence-corrected chi connectivity index (χ2v) is 5.99. The van der Waals surface area contributed by atoms with Crippen LogP contribution in [0, 0.1) is 5.92 Å². The van der Waals surface area contributed by atoms with E-state index in [0.717, 1.165) is 45.4 Å². The number of carbonyl (C=O) groups is 3. The molecule has 0 rings (SSSR count). The van der Waals surface area contributed by atoms with Gasteiger partial charge in [-0.25, -0.2) is 4.79 Å². The second kappa shape index (κ2) is 14.0. The third-order valence-electron chi connectivity index (χ3n) is 3.73. The van der Waals surface area contributed by atoms with Crippen molar-refractivity contribution in [2.24, 2.45) is 5.92 Å². The fourth-order valence-corrected chi connectivity index (χ4v) is 2.23. The van der Waals surface area contributed by atoms with Crippen LogP contribution in [0.5, 0.6) is 0 Å². The fraction of sp³-hybridized carbons (Fsp3) is 0.833. The van der Waals surface area contributed by atoms with Gasteiger partial charge in [-0.2, -0.15) is 0 Å². The summed E-state index contributed by atoms with van der Waals surface area (Å²) in [6, 6.07) is 0. The first-order valence-electron chi connectivity index (χ1n) is 8.97. The molecule has 0 spiro atoms. The molecule has 1 unspecified atom stereocenters. The Hall–Kier alpha value is -1.43. The summed E-state index contributed by atoms with van der Waals surface area (Å²) in [5.41, 5.74) is 0. The average Bonchev–Trinajstić information content (AvgIpc) is 2.54. The zero-order chi connectivity index (χ0) is 18.4. The Bertz CT molecular complexity index is 380. The number of unbranched alkanes of at least 4 members (excludes halogenated alkanes) is 6. The number of hydrogen-bond donors (Lipinski definition) is 1. The first-order chi connectivity index (χ1) is 11.5. The number of esters is 2. The highest BCUT2D eigenvalue weighted by atomic mass is 16.6. The lowest BCUT2D eigenvalue weighted by Gasteiger charge is -2.18. The summed E-state index contributed by atoms with van der Waals surface area (Å²) in [5.74, 6) is -3.94. The highest BCUT2D eigenvalue weighted by molar-refractivity contribution is 6.02. The van der Waals surface area contributed by atoms with E-state index < -0.39 is 29.7 Å². The average molecular weight is 344 g/mol. The molecule has 0 aromatic carbocycles. The molecule has 0 heterocycles. The summed E-state index contributed by atoms with van der Waals surface area (Å²) in [6.45, 7) is 5.65. The fourth-order valence-electron chi connectivity index (χ4n) is 2.23. The van der Waals surface area contributed by atoms with Gasteiger partial charge in [0.15, 0.2) is 12.0 Å². The van der Waals surface area contributed by atoms with Crippen molar-refractivity contribution in [2.75, 3.05) is 13.2 Å². The molecular weight excluding hydrogens is 312 g/mol. The van der Waals surface area contributed by atoms with E-state index in [9.17, 15) is 19.5 Å². The number of rotatable bonds is 14. The quantitative estimate of drug-likeness (QED) is 0.296. The molecule has 0 radical (unpaired) electrons. The van der Waals surface area contributed by atoms with Crippen molar-refractivity contribution in [3.8, 4) is 0 Å². The molecule has 0 aromatic rings. The molecule has 2 atom stereocenters. The SMILES string of the molecule is CCCCCCOC(=O)C(C(C)=O)[C@H](O)C(=O)OCCCCCC. The molecule has 0 saturated carbocycles. The van der Waals surface area contributed by atoms with Crippen LogP contribution in [-0.2, 0) is 23.9 Å². The second-order valence-electron chi connectivity index (χ2n) is 5.99. The van der Waals surface area contributed by atoms with Gasteiger partial charge in [-0.1, -0.05) is 52.4 Å². The number of hydrogen-bond acceptors (Lipinski definition) is 6. The Kier molecular flexibility index (Phi) is 13.1. The number of aliphatic hydroxyl groups is 1. The van der Waals surface area contributed by atoms with E-state index in [1.807, 2.05) is 0 Å². The molecule has 6 heteroatoms.